The molecule has 0 radical (unpaired) electrons. The highest BCUT2D eigenvalue weighted by Crippen LogP contribution is 2.30. The van der Waals surface area contributed by atoms with Gasteiger partial charge in [-0.1, -0.05) is 6.07 Å². The number of alkyl halides is 3. The van der Waals surface area contributed by atoms with E-state index in [0.29, 0.717) is 5.56 Å². The van der Waals surface area contributed by atoms with Crippen molar-refractivity contribution in [3.63, 3.8) is 0 Å². The number of hydrogen-bond acceptors (Lipinski definition) is 3. The van der Waals surface area contributed by atoms with E-state index in [9.17, 15) is 13.2 Å². The van der Waals surface area contributed by atoms with Crippen LogP contribution >= 0.6 is 0 Å². The van der Waals surface area contributed by atoms with E-state index in [0.717, 1.165) is 11.1 Å². The van der Waals surface area contributed by atoms with Crippen LogP contribution in [-0.4, -0.2) is 17.8 Å². The lowest BCUT2D eigenvalue weighted by Crippen LogP contribution is -2.19. The van der Waals surface area contributed by atoms with Crippen molar-refractivity contribution < 1.29 is 17.9 Å². The van der Waals surface area contributed by atoms with E-state index < -0.39 is 12.8 Å². The maximum absolute atomic E-state index is 12.2. The predicted molar refractivity (Wildman–Crippen MR) is 70.4 cm³/mol. The third kappa shape index (κ3) is 3.63. The molecule has 0 fully saturated rings. The molecule has 0 aliphatic heterocycles. The molecule has 20 heavy (non-hydrogen) atoms. The molecule has 0 saturated carbocycles. The lowest BCUT2D eigenvalue weighted by molar-refractivity contribution is -0.153. The van der Waals surface area contributed by atoms with Gasteiger partial charge in [-0.2, -0.15) is 13.2 Å². The van der Waals surface area contributed by atoms with E-state index in [1.807, 2.05) is 13.0 Å². The molecule has 6 heteroatoms. The van der Waals surface area contributed by atoms with Crippen molar-refractivity contribution >= 4 is 5.69 Å². The van der Waals surface area contributed by atoms with Crippen LogP contribution in [0, 0.1) is 6.92 Å². The maximum Gasteiger partial charge on any atom is 0.422 e. The van der Waals surface area contributed by atoms with Crippen molar-refractivity contribution in [1.82, 2.24) is 4.98 Å². The standard InChI is InChI=1S/C14H13F3N2O/c1-9-4-11(7-19-6-9)10-2-3-12(18)13(5-10)20-8-14(15,16)17/h2-7H,8,18H2,1H3. The van der Waals surface area contributed by atoms with E-state index in [4.69, 9.17) is 10.5 Å². The van der Waals surface area contributed by atoms with Crippen LogP contribution in [0.15, 0.2) is 36.7 Å². The number of rotatable bonds is 3. The molecular weight excluding hydrogens is 269 g/mol. The van der Waals surface area contributed by atoms with E-state index >= 15 is 0 Å². The van der Waals surface area contributed by atoms with E-state index in [1.54, 1.807) is 18.5 Å². The molecule has 106 valence electrons. The Labute approximate surface area is 114 Å². The smallest absolute Gasteiger partial charge is 0.422 e. The fourth-order valence-corrected chi connectivity index (χ4v) is 1.71. The first-order chi connectivity index (χ1) is 9.35. The zero-order valence-corrected chi connectivity index (χ0v) is 10.7. The molecule has 2 rings (SSSR count). The Morgan fingerprint density at radius 3 is 2.55 bits per heavy atom. The van der Waals surface area contributed by atoms with Gasteiger partial charge in [0, 0.05) is 18.0 Å². The molecule has 2 aromatic rings. The Hall–Kier alpha value is -2.24. The minimum absolute atomic E-state index is 0.0151. The molecule has 0 spiro atoms. The van der Waals surface area contributed by atoms with Gasteiger partial charge in [-0.05, 0) is 36.2 Å². The molecule has 2 N–H and O–H groups in total. The highest BCUT2D eigenvalue weighted by Gasteiger charge is 2.28. The number of nitrogen functional groups attached to an aromatic ring is 1. The highest BCUT2D eigenvalue weighted by atomic mass is 19.4. The average molecular weight is 282 g/mol. The number of aromatic nitrogens is 1. The number of nitrogens with two attached hydrogens (primary N) is 1. The second kappa shape index (κ2) is 5.40. The van der Waals surface area contributed by atoms with Crippen molar-refractivity contribution in [3.8, 4) is 16.9 Å². The van der Waals surface area contributed by atoms with E-state index in [2.05, 4.69) is 4.98 Å². The third-order valence-corrected chi connectivity index (χ3v) is 2.61. The number of nitrogens with zero attached hydrogens (tertiary/aromatic N) is 1. The summed E-state index contributed by atoms with van der Waals surface area (Å²) in [4.78, 5) is 4.05. The first-order valence-electron chi connectivity index (χ1n) is 5.86. The largest absolute Gasteiger partial charge is 0.482 e. The average Bonchev–Trinajstić information content (AvgIpc) is 2.37. The van der Waals surface area contributed by atoms with Crippen molar-refractivity contribution in [2.75, 3.05) is 12.3 Å². The Bertz CT molecular complexity index is 612. The normalized spacial score (nSPS) is 11.4. The highest BCUT2D eigenvalue weighted by molar-refractivity contribution is 5.69. The molecule has 0 unspecified atom stereocenters. The van der Waals surface area contributed by atoms with Gasteiger partial charge in [-0.25, -0.2) is 0 Å². The number of ether oxygens (including phenoxy) is 1. The Balaban J connectivity index is 2.29. The van der Waals surface area contributed by atoms with Gasteiger partial charge in [-0.15, -0.1) is 0 Å². The molecule has 1 aromatic carbocycles. The predicted octanol–water partition coefficient (Wildman–Crippen LogP) is 3.58. The summed E-state index contributed by atoms with van der Waals surface area (Å²) in [5.41, 5.74) is 8.23. The first-order valence-corrected chi connectivity index (χ1v) is 5.86. The summed E-state index contributed by atoms with van der Waals surface area (Å²) < 4.78 is 41.2. The van der Waals surface area contributed by atoms with Gasteiger partial charge in [-0.3, -0.25) is 4.98 Å². The fourth-order valence-electron chi connectivity index (χ4n) is 1.71. The van der Waals surface area contributed by atoms with Gasteiger partial charge in [0.05, 0.1) is 5.69 Å². The van der Waals surface area contributed by atoms with Gasteiger partial charge in [0.15, 0.2) is 6.61 Å². The molecule has 0 atom stereocenters. The van der Waals surface area contributed by atoms with Crippen LogP contribution in [0.25, 0.3) is 11.1 Å². The Morgan fingerprint density at radius 2 is 1.90 bits per heavy atom. The van der Waals surface area contributed by atoms with Gasteiger partial charge >= 0.3 is 6.18 Å². The maximum atomic E-state index is 12.2. The molecule has 0 bridgehead atoms. The number of halogens is 3. The number of pyridine rings is 1. The van der Waals surface area contributed by atoms with Crippen molar-refractivity contribution in [2.45, 2.75) is 13.1 Å². The van der Waals surface area contributed by atoms with Gasteiger partial charge in [0.25, 0.3) is 0 Å². The molecule has 0 amide bonds. The van der Waals surface area contributed by atoms with Crippen molar-refractivity contribution in [3.05, 3.63) is 42.2 Å². The van der Waals surface area contributed by atoms with Crippen LogP contribution in [0.1, 0.15) is 5.56 Å². The molecular formula is C14H13F3N2O. The van der Waals surface area contributed by atoms with Crippen molar-refractivity contribution in [2.24, 2.45) is 0 Å². The zero-order chi connectivity index (χ0) is 14.8. The van der Waals surface area contributed by atoms with Crippen LogP contribution in [0.3, 0.4) is 0 Å². The van der Waals surface area contributed by atoms with E-state index in [-0.39, 0.29) is 11.4 Å². The minimum Gasteiger partial charge on any atom is -0.482 e. The second-order valence-corrected chi connectivity index (χ2v) is 4.41. The first kappa shape index (κ1) is 14.2. The lowest BCUT2D eigenvalue weighted by Gasteiger charge is -2.12. The molecule has 0 saturated heterocycles. The summed E-state index contributed by atoms with van der Waals surface area (Å²) in [5, 5.41) is 0. The number of hydrogen-bond donors (Lipinski definition) is 1. The number of anilines is 1. The third-order valence-electron chi connectivity index (χ3n) is 2.61. The molecule has 1 heterocycles. The molecule has 0 aliphatic carbocycles. The summed E-state index contributed by atoms with van der Waals surface area (Å²) in [6.45, 7) is 0.515. The molecule has 3 nitrogen and oxygen atoms in total. The Kier molecular flexibility index (Phi) is 3.83. The van der Waals surface area contributed by atoms with Crippen LogP contribution in [0.5, 0.6) is 5.75 Å². The summed E-state index contributed by atoms with van der Waals surface area (Å²) >= 11 is 0. The zero-order valence-electron chi connectivity index (χ0n) is 10.7. The summed E-state index contributed by atoms with van der Waals surface area (Å²) in [6, 6.07) is 6.60. The monoisotopic (exact) mass is 282 g/mol. The fraction of sp³-hybridized carbons (Fsp3) is 0.214. The minimum atomic E-state index is -4.40. The second-order valence-electron chi connectivity index (χ2n) is 4.41. The van der Waals surface area contributed by atoms with Crippen molar-refractivity contribution in [1.29, 1.82) is 0 Å². The van der Waals surface area contributed by atoms with Crippen LogP contribution < -0.4 is 10.5 Å². The lowest BCUT2D eigenvalue weighted by atomic mass is 10.1. The Morgan fingerprint density at radius 1 is 1.15 bits per heavy atom. The van der Waals surface area contributed by atoms with Gasteiger partial charge < -0.3 is 10.5 Å². The summed E-state index contributed by atoms with van der Waals surface area (Å²) in [7, 11) is 0. The van der Waals surface area contributed by atoms with Crippen LogP contribution in [0.2, 0.25) is 0 Å². The van der Waals surface area contributed by atoms with Gasteiger partial charge in [0.2, 0.25) is 0 Å². The van der Waals surface area contributed by atoms with Crippen LogP contribution in [-0.2, 0) is 0 Å². The van der Waals surface area contributed by atoms with Gasteiger partial charge in [0.1, 0.15) is 5.75 Å². The number of aryl methyl sites for hydroxylation is 1. The summed E-state index contributed by atoms with van der Waals surface area (Å²) in [6.07, 6.45) is -1.07. The SMILES string of the molecule is Cc1cncc(-c2ccc(N)c(OCC(F)(F)F)c2)c1. The quantitative estimate of drug-likeness (QED) is 0.875. The summed E-state index contributed by atoms with van der Waals surface area (Å²) in [5.74, 6) is 0.0151. The number of benzene rings is 1. The molecule has 1 aromatic heterocycles. The topological polar surface area (TPSA) is 48.1 Å². The van der Waals surface area contributed by atoms with E-state index in [1.165, 1.54) is 12.1 Å². The van der Waals surface area contributed by atoms with Crippen LogP contribution in [0.4, 0.5) is 18.9 Å². The molecule has 0 aliphatic rings.